The van der Waals surface area contributed by atoms with Crippen LogP contribution in [0.2, 0.25) is 0 Å². The van der Waals surface area contributed by atoms with Crippen LogP contribution in [-0.2, 0) is 20.9 Å². The van der Waals surface area contributed by atoms with Crippen molar-refractivity contribution < 1.29 is 48.5 Å². The van der Waals surface area contributed by atoms with Gasteiger partial charge < -0.3 is 34.0 Å². The number of aldehydes is 1. The van der Waals surface area contributed by atoms with Crippen LogP contribution in [-0.4, -0.2) is 83.4 Å². The number of rotatable bonds is 21. The SMILES string of the molecule is C=CCOC12Oc3ccc(Oc4cccc(C=O)c4)cc3C3C(CCCCO)C(CCCCO)C=C(C(=NOCc4ccc([N+](=O)[O-])cc4)CC1N(CCC)C(=O)OC)C32. The van der Waals surface area contributed by atoms with Crippen LogP contribution in [0.25, 0.3) is 0 Å². The van der Waals surface area contributed by atoms with E-state index < -0.39 is 28.8 Å². The van der Waals surface area contributed by atoms with E-state index in [1.165, 1.54) is 19.2 Å². The first-order valence-electron chi connectivity index (χ1n) is 20.7. The molecule has 0 aromatic heterocycles. The summed E-state index contributed by atoms with van der Waals surface area (Å²) in [6.07, 6.45) is 9.22. The van der Waals surface area contributed by atoms with Gasteiger partial charge in [0.2, 0.25) is 5.79 Å². The average molecular weight is 826 g/mol. The summed E-state index contributed by atoms with van der Waals surface area (Å²) >= 11 is 0. The monoisotopic (exact) mass is 825 g/mol. The number of nitro groups is 1. The van der Waals surface area contributed by atoms with Crippen molar-refractivity contribution in [1.82, 2.24) is 4.90 Å². The fourth-order valence-electron chi connectivity index (χ4n) is 9.13. The molecule has 3 aliphatic rings. The van der Waals surface area contributed by atoms with Gasteiger partial charge in [-0.3, -0.25) is 19.8 Å². The van der Waals surface area contributed by atoms with Crippen LogP contribution in [0.15, 0.2) is 96.2 Å². The van der Waals surface area contributed by atoms with Crippen LogP contribution < -0.4 is 9.47 Å². The predicted molar refractivity (Wildman–Crippen MR) is 224 cm³/mol. The number of unbranched alkanes of at least 4 members (excludes halogenated alkanes) is 2. The molecule has 320 valence electrons. The van der Waals surface area contributed by atoms with Gasteiger partial charge in [-0.1, -0.05) is 49.2 Å². The lowest BCUT2D eigenvalue weighted by atomic mass is 9.55. The van der Waals surface area contributed by atoms with E-state index in [0.717, 1.165) is 43.1 Å². The molecule has 3 aromatic carbocycles. The van der Waals surface area contributed by atoms with Crippen LogP contribution in [0.3, 0.4) is 0 Å². The molecule has 1 fully saturated rings. The second kappa shape index (κ2) is 20.6. The summed E-state index contributed by atoms with van der Waals surface area (Å²) in [6.45, 7) is 6.54. The molecule has 14 nitrogen and oxygen atoms in total. The van der Waals surface area contributed by atoms with Crippen molar-refractivity contribution in [3.8, 4) is 17.2 Å². The van der Waals surface area contributed by atoms with Crippen LogP contribution in [0.5, 0.6) is 17.2 Å². The number of amides is 1. The van der Waals surface area contributed by atoms with E-state index in [4.69, 9.17) is 28.9 Å². The minimum absolute atomic E-state index is 0.00664. The molecule has 0 radical (unpaired) electrons. The third-order valence-electron chi connectivity index (χ3n) is 11.7. The Hall–Kier alpha value is -5.57. The number of oxime groups is 1. The van der Waals surface area contributed by atoms with Gasteiger partial charge in [0.1, 0.15) is 36.2 Å². The number of nitrogens with zero attached hydrogens (tertiary/aromatic N) is 3. The van der Waals surface area contributed by atoms with Gasteiger partial charge in [0, 0.05) is 55.4 Å². The van der Waals surface area contributed by atoms with Crippen LogP contribution in [0.1, 0.15) is 85.7 Å². The van der Waals surface area contributed by atoms with Gasteiger partial charge in [0.15, 0.2) is 0 Å². The standard InChI is InChI=1S/C46H55N3O11/c1-4-21-48(45(53)56-3)42-28-40(47-58-30-31-15-17-34(18-16-31)49(54)55)38-26-33(12-6-8-22-50)37(14-7-9-23-51)43-39-27-36(59-35-13-10-11-32(25-35)29-52)19-20-41(39)60-46(42,44(38)43)57-24-5-2/h5,10-11,13,15-20,25-27,29,33,37,42-44,50-51H,2,4,6-9,12,14,21-24,28,30H2,1,3H3. The quantitative estimate of drug-likeness (QED) is 0.0346. The maximum absolute atomic E-state index is 13.8. The number of nitro benzene ring substituents is 1. The lowest BCUT2D eigenvalue weighted by molar-refractivity contribution is -0.384. The number of hydrogen-bond donors (Lipinski definition) is 2. The van der Waals surface area contributed by atoms with Gasteiger partial charge in [0.05, 0.1) is 30.3 Å². The van der Waals surface area contributed by atoms with E-state index >= 15 is 0 Å². The minimum Gasteiger partial charge on any atom is -0.459 e. The molecule has 3 aromatic rings. The van der Waals surface area contributed by atoms with Crippen molar-refractivity contribution in [3.63, 3.8) is 0 Å². The maximum Gasteiger partial charge on any atom is 0.409 e. The molecule has 1 heterocycles. The number of carbonyl (C=O) groups excluding carboxylic acids is 2. The lowest BCUT2D eigenvalue weighted by Crippen LogP contribution is -2.70. The number of aliphatic hydroxyl groups excluding tert-OH is 2. The molecule has 0 spiro atoms. The summed E-state index contributed by atoms with van der Waals surface area (Å²) in [5.74, 6) is -0.685. The highest BCUT2D eigenvalue weighted by molar-refractivity contribution is 6.03. The molecule has 6 atom stereocenters. The number of allylic oxidation sites excluding steroid dienone is 1. The fourth-order valence-corrected chi connectivity index (χ4v) is 9.13. The first kappa shape index (κ1) is 44.0. The molecule has 1 aliphatic heterocycles. The highest BCUT2D eigenvalue weighted by atomic mass is 16.7. The topological polar surface area (TPSA) is 179 Å². The van der Waals surface area contributed by atoms with Gasteiger partial charge in [-0.2, -0.15) is 0 Å². The molecule has 60 heavy (non-hydrogen) atoms. The Labute approximate surface area is 350 Å². The Bertz CT molecular complexity index is 2040. The Morgan fingerprint density at radius 2 is 1.80 bits per heavy atom. The summed E-state index contributed by atoms with van der Waals surface area (Å²) in [7, 11) is 1.35. The van der Waals surface area contributed by atoms with E-state index in [2.05, 4.69) is 12.7 Å². The number of non-ortho nitro benzene ring substituents is 1. The lowest BCUT2D eigenvalue weighted by Gasteiger charge is -2.59. The smallest absolute Gasteiger partial charge is 0.409 e. The molecular weight excluding hydrogens is 771 g/mol. The zero-order valence-electron chi connectivity index (χ0n) is 34.3. The summed E-state index contributed by atoms with van der Waals surface area (Å²) < 4.78 is 25.9. The van der Waals surface area contributed by atoms with E-state index in [1.807, 2.05) is 25.1 Å². The van der Waals surface area contributed by atoms with Crippen molar-refractivity contribution in [3.05, 3.63) is 118 Å². The van der Waals surface area contributed by atoms with Gasteiger partial charge >= 0.3 is 6.09 Å². The number of aliphatic hydroxyl groups is 2. The Balaban J connectivity index is 1.56. The molecule has 6 unspecified atom stereocenters. The molecule has 2 aliphatic carbocycles. The number of methoxy groups -OCH3 is 1. The highest BCUT2D eigenvalue weighted by Crippen LogP contribution is 2.62. The largest absolute Gasteiger partial charge is 0.459 e. The van der Waals surface area contributed by atoms with Crippen molar-refractivity contribution in [2.75, 3.05) is 33.5 Å². The summed E-state index contributed by atoms with van der Waals surface area (Å²) in [5.41, 5.74) is 3.47. The van der Waals surface area contributed by atoms with Gasteiger partial charge in [-0.05, 0) is 97.5 Å². The molecule has 0 saturated heterocycles. The maximum atomic E-state index is 13.8. The van der Waals surface area contributed by atoms with Crippen molar-refractivity contribution >= 4 is 23.8 Å². The van der Waals surface area contributed by atoms with E-state index in [1.54, 1.807) is 47.4 Å². The zero-order valence-corrected chi connectivity index (χ0v) is 34.3. The fraction of sp³-hybridized carbons (Fsp3) is 0.457. The van der Waals surface area contributed by atoms with Crippen LogP contribution in [0, 0.1) is 27.9 Å². The van der Waals surface area contributed by atoms with E-state index in [-0.39, 0.29) is 56.3 Å². The van der Waals surface area contributed by atoms with Gasteiger partial charge in [-0.25, -0.2) is 4.79 Å². The average Bonchev–Trinajstić information content (AvgIpc) is 3.26. The molecular formula is C46H55N3O11. The van der Waals surface area contributed by atoms with Crippen molar-refractivity contribution in [2.45, 2.75) is 82.6 Å². The first-order chi connectivity index (χ1) is 29.2. The normalized spacial score (nSPS) is 23.3. The molecule has 1 saturated carbocycles. The predicted octanol–water partition coefficient (Wildman–Crippen LogP) is 8.51. The van der Waals surface area contributed by atoms with Crippen LogP contribution >= 0.6 is 0 Å². The second-order valence-electron chi connectivity index (χ2n) is 15.4. The molecule has 2 N–H and O–H groups in total. The first-order valence-corrected chi connectivity index (χ1v) is 20.7. The van der Waals surface area contributed by atoms with E-state index in [9.17, 15) is 29.9 Å². The molecule has 0 bridgehead atoms. The number of hydrogen-bond acceptors (Lipinski definition) is 12. The molecule has 6 rings (SSSR count). The zero-order chi connectivity index (χ0) is 42.6. The summed E-state index contributed by atoms with van der Waals surface area (Å²) in [5, 5.41) is 35.8. The van der Waals surface area contributed by atoms with E-state index in [0.29, 0.717) is 59.9 Å². The third-order valence-corrected chi connectivity index (χ3v) is 11.7. The molecule has 1 amide bonds. The second-order valence-corrected chi connectivity index (χ2v) is 15.4. The number of carbonyl (C=O) groups is 2. The highest BCUT2D eigenvalue weighted by Gasteiger charge is 2.65. The van der Waals surface area contributed by atoms with Gasteiger partial charge in [0.25, 0.3) is 5.69 Å². The number of benzene rings is 3. The van der Waals surface area contributed by atoms with Crippen molar-refractivity contribution in [2.24, 2.45) is 22.9 Å². The minimum atomic E-state index is -1.45. The Morgan fingerprint density at radius 1 is 1.05 bits per heavy atom. The summed E-state index contributed by atoms with van der Waals surface area (Å²) in [4.78, 5) is 44.0. The summed E-state index contributed by atoms with van der Waals surface area (Å²) in [6, 6.07) is 17.9. The van der Waals surface area contributed by atoms with Crippen LogP contribution in [0.4, 0.5) is 10.5 Å². The Kier molecular flexibility index (Phi) is 15.1. The van der Waals surface area contributed by atoms with Gasteiger partial charge in [-0.15, -0.1) is 6.58 Å². The molecule has 14 heteroatoms. The number of ether oxygens (including phenoxy) is 4. The third kappa shape index (κ3) is 9.56. The van der Waals surface area contributed by atoms with Crippen molar-refractivity contribution in [1.29, 1.82) is 0 Å². The number of fused-ring (bicyclic) bond motifs is 2. The Morgan fingerprint density at radius 3 is 2.48 bits per heavy atom.